The molecule has 0 radical (unpaired) electrons. The summed E-state index contributed by atoms with van der Waals surface area (Å²) in [6.07, 6.45) is 1.28. The molecular weight excluding hydrogens is 324 g/mol. The fourth-order valence-electron chi connectivity index (χ4n) is 2.94. The standard InChI is InChI=1S/C17H28N4O4/c1-10(14-19-20-15(24-14)12-5-13(18)6-12)23-9-11-7-21(8-11)16(22)25-17(2,3)4/h10-13H,5-9,18H2,1-4H3/t10-,12?,13?/m1/s1. The summed E-state index contributed by atoms with van der Waals surface area (Å²) in [6, 6.07) is 0.251. The number of carbonyl (C=O) groups is 1. The molecule has 1 aromatic rings. The molecule has 1 aliphatic carbocycles. The number of hydrogen-bond acceptors (Lipinski definition) is 7. The van der Waals surface area contributed by atoms with E-state index in [4.69, 9.17) is 19.6 Å². The van der Waals surface area contributed by atoms with Crippen molar-refractivity contribution in [2.75, 3.05) is 19.7 Å². The van der Waals surface area contributed by atoms with Crippen LogP contribution in [0, 0.1) is 5.92 Å². The van der Waals surface area contributed by atoms with Crippen LogP contribution in [-0.4, -0.2) is 52.5 Å². The molecule has 0 spiro atoms. The zero-order chi connectivity index (χ0) is 18.2. The van der Waals surface area contributed by atoms with Crippen LogP contribution in [0.4, 0.5) is 4.79 Å². The smallest absolute Gasteiger partial charge is 0.410 e. The number of carbonyl (C=O) groups excluding carboxylic acids is 1. The number of likely N-dealkylation sites (tertiary alicyclic amines) is 1. The molecule has 8 nitrogen and oxygen atoms in total. The van der Waals surface area contributed by atoms with Gasteiger partial charge in [0.25, 0.3) is 0 Å². The molecule has 2 fully saturated rings. The first-order chi connectivity index (χ1) is 11.7. The van der Waals surface area contributed by atoms with Gasteiger partial charge < -0.3 is 24.5 Å². The first kappa shape index (κ1) is 18.1. The lowest BCUT2D eigenvalue weighted by Crippen LogP contribution is -2.53. The Balaban J connectivity index is 1.38. The van der Waals surface area contributed by atoms with Crippen molar-refractivity contribution in [3.63, 3.8) is 0 Å². The van der Waals surface area contributed by atoms with Crippen molar-refractivity contribution >= 4 is 6.09 Å². The Morgan fingerprint density at radius 2 is 2.04 bits per heavy atom. The molecule has 8 heteroatoms. The van der Waals surface area contributed by atoms with Crippen molar-refractivity contribution in [2.45, 2.75) is 64.2 Å². The van der Waals surface area contributed by atoms with E-state index in [1.807, 2.05) is 27.7 Å². The number of ether oxygens (including phenoxy) is 2. The number of nitrogens with two attached hydrogens (primary N) is 1. The molecule has 1 amide bonds. The van der Waals surface area contributed by atoms with Gasteiger partial charge in [0.1, 0.15) is 11.7 Å². The Hall–Kier alpha value is -1.67. The summed E-state index contributed by atoms with van der Waals surface area (Å²) in [7, 11) is 0. The van der Waals surface area contributed by atoms with Gasteiger partial charge in [-0.2, -0.15) is 0 Å². The molecule has 2 N–H and O–H groups in total. The molecular formula is C17H28N4O4. The summed E-state index contributed by atoms with van der Waals surface area (Å²) >= 11 is 0. The largest absolute Gasteiger partial charge is 0.444 e. The van der Waals surface area contributed by atoms with E-state index in [0.717, 1.165) is 12.8 Å². The minimum atomic E-state index is -0.465. The first-order valence-electron chi connectivity index (χ1n) is 8.89. The van der Waals surface area contributed by atoms with Crippen LogP contribution in [0.1, 0.15) is 64.3 Å². The average Bonchev–Trinajstić information content (AvgIpc) is 2.89. The first-order valence-corrected chi connectivity index (χ1v) is 8.89. The van der Waals surface area contributed by atoms with Gasteiger partial charge in [0.15, 0.2) is 0 Å². The number of aromatic nitrogens is 2. The molecule has 0 aromatic carbocycles. The molecule has 2 heterocycles. The summed E-state index contributed by atoms with van der Waals surface area (Å²) in [4.78, 5) is 13.6. The zero-order valence-corrected chi connectivity index (χ0v) is 15.4. The van der Waals surface area contributed by atoms with Gasteiger partial charge in [0, 0.05) is 31.0 Å². The fourth-order valence-corrected chi connectivity index (χ4v) is 2.94. The highest BCUT2D eigenvalue weighted by molar-refractivity contribution is 5.69. The number of rotatable bonds is 5. The Kier molecular flexibility index (Phi) is 5.02. The van der Waals surface area contributed by atoms with Crippen LogP contribution in [0.15, 0.2) is 4.42 Å². The summed E-state index contributed by atoms with van der Waals surface area (Å²) in [6.45, 7) is 9.34. The number of hydrogen-bond donors (Lipinski definition) is 1. The third-order valence-electron chi connectivity index (χ3n) is 4.52. The Bertz CT molecular complexity index is 600. The van der Waals surface area contributed by atoms with Gasteiger partial charge >= 0.3 is 6.09 Å². The minimum Gasteiger partial charge on any atom is -0.444 e. The molecule has 1 saturated heterocycles. The number of amides is 1. The van der Waals surface area contributed by atoms with Crippen LogP contribution >= 0.6 is 0 Å². The van der Waals surface area contributed by atoms with E-state index in [9.17, 15) is 4.79 Å². The van der Waals surface area contributed by atoms with E-state index in [2.05, 4.69) is 10.2 Å². The van der Waals surface area contributed by atoms with Crippen LogP contribution in [0.5, 0.6) is 0 Å². The van der Waals surface area contributed by atoms with Crippen LogP contribution in [0.2, 0.25) is 0 Å². The van der Waals surface area contributed by atoms with Gasteiger partial charge in [-0.25, -0.2) is 4.79 Å². The minimum absolute atomic E-state index is 0.251. The van der Waals surface area contributed by atoms with Crippen molar-refractivity contribution < 1.29 is 18.7 Å². The maximum Gasteiger partial charge on any atom is 0.410 e. The highest BCUT2D eigenvalue weighted by Gasteiger charge is 2.35. The van der Waals surface area contributed by atoms with Gasteiger partial charge in [-0.05, 0) is 40.5 Å². The van der Waals surface area contributed by atoms with Crippen molar-refractivity contribution in [3.05, 3.63) is 11.8 Å². The maximum atomic E-state index is 11.9. The van der Waals surface area contributed by atoms with Gasteiger partial charge in [0.05, 0.1) is 6.61 Å². The van der Waals surface area contributed by atoms with E-state index >= 15 is 0 Å². The topological polar surface area (TPSA) is 104 Å². The predicted molar refractivity (Wildman–Crippen MR) is 89.9 cm³/mol. The SMILES string of the molecule is C[C@@H](OCC1CN(C(=O)OC(C)(C)C)C1)c1nnc(C2CC(N)C2)o1. The Morgan fingerprint density at radius 1 is 1.36 bits per heavy atom. The molecule has 0 bridgehead atoms. The lowest BCUT2D eigenvalue weighted by Gasteiger charge is -2.39. The molecule has 2 aliphatic rings. The highest BCUT2D eigenvalue weighted by Crippen LogP contribution is 2.35. The summed E-state index contributed by atoms with van der Waals surface area (Å²) in [5.74, 6) is 1.75. The van der Waals surface area contributed by atoms with Crippen molar-refractivity contribution in [3.8, 4) is 0 Å². The maximum absolute atomic E-state index is 11.9. The van der Waals surface area contributed by atoms with Crippen LogP contribution in [0.25, 0.3) is 0 Å². The summed E-state index contributed by atoms with van der Waals surface area (Å²) in [5.41, 5.74) is 5.33. The fraction of sp³-hybridized carbons (Fsp3) is 0.824. The lowest BCUT2D eigenvalue weighted by atomic mass is 9.81. The third kappa shape index (κ3) is 4.49. The van der Waals surface area contributed by atoms with E-state index in [-0.39, 0.29) is 24.2 Å². The second kappa shape index (κ2) is 6.92. The quantitative estimate of drug-likeness (QED) is 0.866. The lowest BCUT2D eigenvalue weighted by molar-refractivity contribution is -0.0386. The average molecular weight is 352 g/mol. The Labute approximate surface area is 148 Å². The second-order valence-electron chi connectivity index (χ2n) is 8.13. The monoisotopic (exact) mass is 352 g/mol. The van der Waals surface area contributed by atoms with E-state index in [1.165, 1.54) is 0 Å². The molecule has 3 rings (SSSR count). The van der Waals surface area contributed by atoms with Gasteiger partial charge in [-0.3, -0.25) is 0 Å². The van der Waals surface area contributed by atoms with Crippen molar-refractivity contribution in [2.24, 2.45) is 11.7 Å². The van der Waals surface area contributed by atoms with Crippen LogP contribution < -0.4 is 5.73 Å². The molecule has 1 atom stereocenters. The third-order valence-corrected chi connectivity index (χ3v) is 4.52. The predicted octanol–water partition coefficient (Wildman–Crippen LogP) is 2.22. The van der Waals surface area contributed by atoms with Gasteiger partial charge in [0.2, 0.25) is 11.8 Å². The molecule has 0 unspecified atom stereocenters. The summed E-state index contributed by atoms with van der Waals surface area (Å²) in [5, 5.41) is 8.18. The van der Waals surface area contributed by atoms with Crippen molar-refractivity contribution in [1.29, 1.82) is 0 Å². The molecule has 25 heavy (non-hydrogen) atoms. The highest BCUT2D eigenvalue weighted by atomic mass is 16.6. The van der Waals surface area contributed by atoms with Crippen LogP contribution in [-0.2, 0) is 9.47 Å². The van der Waals surface area contributed by atoms with Crippen molar-refractivity contribution in [1.82, 2.24) is 15.1 Å². The van der Waals surface area contributed by atoms with E-state index < -0.39 is 5.60 Å². The normalized spacial score (nSPS) is 25.2. The van der Waals surface area contributed by atoms with E-state index in [1.54, 1.807) is 4.90 Å². The second-order valence-corrected chi connectivity index (χ2v) is 8.13. The molecule has 1 saturated carbocycles. The molecule has 1 aliphatic heterocycles. The molecule has 140 valence electrons. The zero-order valence-electron chi connectivity index (χ0n) is 15.4. The number of nitrogens with zero attached hydrogens (tertiary/aromatic N) is 3. The Morgan fingerprint density at radius 3 is 2.64 bits per heavy atom. The van der Waals surface area contributed by atoms with Crippen LogP contribution in [0.3, 0.4) is 0 Å². The van der Waals surface area contributed by atoms with Gasteiger partial charge in [-0.1, -0.05) is 0 Å². The van der Waals surface area contributed by atoms with Gasteiger partial charge in [-0.15, -0.1) is 10.2 Å². The summed E-state index contributed by atoms with van der Waals surface area (Å²) < 4.78 is 16.9. The molecule has 1 aromatic heterocycles. The van der Waals surface area contributed by atoms with E-state index in [0.29, 0.717) is 37.4 Å².